The van der Waals surface area contributed by atoms with Gasteiger partial charge >= 0.3 is 12.0 Å². The first-order valence-electron chi connectivity index (χ1n) is 8.81. The van der Waals surface area contributed by atoms with Gasteiger partial charge in [0.2, 0.25) is 11.9 Å². The van der Waals surface area contributed by atoms with Gasteiger partial charge in [-0.3, -0.25) is 19.2 Å². The van der Waals surface area contributed by atoms with Crippen molar-refractivity contribution in [3.63, 3.8) is 0 Å². The SMILES string of the molecule is CN1C(=O)C2C(=NC(=[N+](C)C)N2CCSc2nc3ccccc3s2)N(C)C1=O. The van der Waals surface area contributed by atoms with Crippen LogP contribution >= 0.6 is 23.1 Å². The number of imide groups is 1. The highest BCUT2D eigenvalue weighted by Crippen LogP contribution is 2.30. The van der Waals surface area contributed by atoms with E-state index in [1.54, 1.807) is 30.1 Å². The van der Waals surface area contributed by atoms with Crippen LogP contribution in [-0.2, 0) is 4.79 Å². The van der Waals surface area contributed by atoms with Crippen LogP contribution in [0.5, 0.6) is 0 Å². The normalized spacial score (nSPS) is 19.6. The maximum atomic E-state index is 12.8. The Morgan fingerprint density at radius 3 is 2.64 bits per heavy atom. The van der Waals surface area contributed by atoms with Gasteiger partial charge in [-0.25, -0.2) is 14.7 Å². The molecule has 1 fully saturated rings. The maximum Gasteiger partial charge on any atom is 0.392 e. The maximum absolute atomic E-state index is 12.8. The van der Waals surface area contributed by atoms with E-state index in [0.29, 0.717) is 18.3 Å². The summed E-state index contributed by atoms with van der Waals surface area (Å²) in [5, 5.41) is 0. The van der Waals surface area contributed by atoms with Crippen molar-refractivity contribution >= 4 is 57.0 Å². The molecule has 4 rings (SSSR count). The smallest absolute Gasteiger partial charge is 0.270 e. The number of carbonyl (C=O) groups excluding carboxylic acids is 2. The first kappa shape index (κ1) is 18.9. The minimum absolute atomic E-state index is 0.247. The number of thioether (sulfide) groups is 1. The van der Waals surface area contributed by atoms with Crippen LogP contribution in [0.2, 0.25) is 0 Å². The Hall–Kier alpha value is -2.46. The molecule has 0 spiro atoms. The highest BCUT2D eigenvalue weighted by molar-refractivity contribution is 8.01. The molecule has 2 aromatic rings. The number of rotatable bonds is 4. The molecule has 1 saturated heterocycles. The van der Waals surface area contributed by atoms with Crippen molar-refractivity contribution in [1.29, 1.82) is 0 Å². The first-order valence-corrected chi connectivity index (χ1v) is 10.6. The first-order chi connectivity index (χ1) is 13.4. The highest BCUT2D eigenvalue weighted by atomic mass is 32.2. The van der Waals surface area contributed by atoms with Crippen molar-refractivity contribution < 1.29 is 14.2 Å². The van der Waals surface area contributed by atoms with E-state index < -0.39 is 6.04 Å². The van der Waals surface area contributed by atoms with Crippen LogP contribution in [-0.4, -0.2) is 94.5 Å². The molecular formula is C18H21N6O2S2+. The van der Waals surface area contributed by atoms with Gasteiger partial charge in [0.1, 0.15) is 0 Å². The molecule has 0 radical (unpaired) electrons. The fourth-order valence-electron chi connectivity index (χ4n) is 3.32. The van der Waals surface area contributed by atoms with Crippen molar-refractivity contribution in [1.82, 2.24) is 19.7 Å². The number of para-hydroxylation sites is 1. The van der Waals surface area contributed by atoms with E-state index >= 15 is 0 Å². The number of likely N-dealkylation sites (N-methyl/N-ethyl adjacent to an activating group) is 2. The van der Waals surface area contributed by atoms with Crippen LogP contribution in [0.4, 0.5) is 4.79 Å². The lowest BCUT2D eigenvalue weighted by atomic mass is 10.1. The fraction of sp³-hybridized carbons (Fsp3) is 0.389. The molecule has 1 aromatic carbocycles. The van der Waals surface area contributed by atoms with Crippen LogP contribution < -0.4 is 0 Å². The number of nitrogens with zero attached hydrogens (tertiary/aromatic N) is 6. The van der Waals surface area contributed by atoms with E-state index in [1.165, 1.54) is 16.6 Å². The Morgan fingerprint density at radius 2 is 1.93 bits per heavy atom. The molecule has 1 unspecified atom stereocenters. The molecule has 146 valence electrons. The van der Waals surface area contributed by atoms with E-state index in [1.807, 2.05) is 41.8 Å². The topological polar surface area (TPSA) is 72.1 Å². The van der Waals surface area contributed by atoms with Gasteiger partial charge < -0.3 is 0 Å². The monoisotopic (exact) mass is 417 g/mol. The molecule has 28 heavy (non-hydrogen) atoms. The zero-order valence-electron chi connectivity index (χ0n) is 16.1. The number of fused-ring (bicyclic) bond motifs is 2. The third kappa shape index (κ3) is 3.06. The molecule has 0 saturated carbocycles. The molecule has 2 aliphatic heterocycles. The number of carbonyl (C=O) groups is 2. The van der Waals surface area contributed by atoms with Gasteiger partial charge in [0.05, 0.1) is 30.9 Å². The van der Waals surface area contributed by atoms with Gasteiger partial charge in [-0.2, -0.15) is 0 Å². The number of hydrogen-bond acceptors (Lipinski definition) is 5. The van der Waals surface area contributed by atoms with Gasteiger partial charge in [0.15, 0.2) is 4.34 Å². The Labute approximate surface area is 171 Å². The summed E-state index contributed by atoms with van der Waals surface area (Å²) >= 11 is 3.34. The Kier molecular flexibility index (Phi) is 4.84. The second-order valence-corrected chi connectivity index (χ2v) is 9.17. The van der Waals surface area contributed by atoms with E-state index in [-0.39, 0.29) is 11.9 Å². The van der Waals surface area contributed by atoms with Gasteiger partial charge in [-0.1, -0.05) is 28.9 Å². The van der Waals surface area contributed by atoms with Gasteiger partial charge in [-0.05, 0) is 12.1 Å². The molecule has 0 bridgehead atoms. The largest absolute Gasteiger partial charge is 0.392 e. The van der Waals surface area contributed by atoms with Crippen LogP contribution in [0.1, 0.15) is 0 Å². The number of aromatic nitrogens is 1. The molecule has 1 aromatic heterocycles. The Balaban J connectivity index is 1.53. The molecule has 0 aliphatic carbocycles. The van der Waals surface area contributed by atoms with Crippen LogP contribution in [0.25, 0.3) is 10.2 Å². The van der Waals surface area contributed by atoms with Crippen molar-refractivity contribution in [2.45, 2.75) is 10.4 Å². The quantitative estimate of drug-likeness (QED) is 0.558. The zero-order chi connectivity index (χ0) is 20.0. The summed E-state index contributed by atoms with van der Waals surface area (Å²) in [6, 6.07) is 7.15. The predicted molar refractivity (Wildman–Crippen MR) is 111 cm³/mol. The molecule has 3 amide bonds. The number of amidine groups is 1. The summed E-state index contributed by atoms with van der Waals surface area (Å²) < 4.78 is 4.05. The number of thiazole rings is 1. The van der Waals surface area contributed by atoms with Crippen LogP contribution in [0.3, 0.4) is 0 Å². The molecule has 2 aliphatic rings. The lowest BCUT2D eigenvalue weighted by molar-refractivity contribution is -0.470. The summed E-state index contributed by atoms with van der Waals surface area (Å²) in [6.45, 7) is 0.618. The third-order valence-electron chi connectivity index (χ3n) is 4.74. The zero-order valence-corrected chi connectivity index (χ0v) is 17.8. The molecule has 8 nitrogen and oxygen atoms in total. The highest BCUT2D eigenvalue weighted by Gasteiger charge is 2.54. The number of benzene rings is 1. The number of aliphatic imine (C=N–C) groups is 1. The van der Waals surface area contributed by atoms with Crippen molar-refractivity contribution in [3.05, 3.63) is 24.3 Å². The number of amides is 3. The summed E-state index contributed by atoms with van der Waals surface area (Å²) in [6.07, 6.45) is 0. The Bertz CT molecular complexity index is 993. The molecule has 10 heteroatoms. The second-order valence-electron chi connectivity index (χ2n) is 6.80. The third-order valence-corrected chi connectivity index (χ3v) is 6.90. The second kappa shape index (κ2) is 7.17. The fourth-order valence-corrected chi connectivity index (χ4v) is 5.39. The van der Waals surface area contributed by atoms with Crippen molar-refractivity contribution in [3.8, 4) is 0 Å². The lowest BCUT2D eigenvalue weighted by Gasteiger charge is -2.33. The number of guanidine groups is 1. The summed E-state index contributed by atoms with van der Waals surface area (Å²) in [5.41, 5.74) is 1.01. The predicted octanol–water partition coefficient (Wildman–Crippen LogP) is 1.62. The molecule has 3 heterocycles. The van der Waals surface area contributed by atoms with E-state index in [2.05, 4.69) is 16.0 Å². The minimum Gasteiger partial charge on any atom is -0.270 e. The molecule has 1 atom stereocenters. The van der Waals surface area contributed by atoms with Crippen molar-refractivity contribution in [2.24, 2.45) is 4.99 Å². The van der Waals surface area contributed by atoms with Crippen LogP contribution in [0.15, 0.2) is 33.6 Å². The summed E-state index contributed by atoms with van der Waals surface area (Å²) in [7, 11) is 6.95. The average molecular weight is 418 g/mol. The lowest BCUT2D eigenvalue weighted by Crippen LogP contribution is -2.63. The average Bonchev–Trinajstić information content (AvgIpc) is 3.26. The molecular weight excluding hydrogens is 396 g/mol. The van der Waals surface area contributed by atoms with Gasteiger partial charge in [0.25, 0.3) is 5.91 Å². The van der Waals surface area contributed by atoms with Crippen molar-refractivity contribution in [2.75, 3.05) is 40.5 Å². The summed E-state index contributed by atoms with van der Waals surface area (Å²) in [5.74, 6) is 1.68. The van der Waals surface area contributed by atoms with E-state index in [0.717, 1.165) is 20.5 Å². The molecule has 0 N–H and O–H groups in total. The number of urea groups is 1. The standard InChI is InChI=1S/C18H21N6O2S2/c1-21(2)16-20-14-13(15(25)23(4)18(26)22(14)3)24(16)9-10-27-17-19-11-7-5-6-8-12(11)28-17/h5-8,13H,9-10H2,1-4H3/q+1. The summed E-state index contributed by atoms with van der Waals surface area (Å²) in [4.78, 5) is 38.9. The Morgan fingerprint density at radius 1 is 1.18 bits per heavy atom. The van der Waals surface area contributed by atoms with E-state index in [9.17, 15) is 9.59 Å². The number of hydrogen-bond donors (Lipinski definition) is 0. The minimum atomic E-state index is -0.568. The van der Waals surface area contributed by atoms with Crippen LogP contribution in [0, 0.1) is 0 Å². The van der Waals surface area contributed by atoms with Gasteiger partial charge in [-0.15, -0.1) is 11.3 Å². The van der Waals surface area contributed by atoms with Gasteiger partial charge in [0, 0.05) is 19.8 Å². The van der Waals surface area contributed by atoms with E-state index in [4.69, 9.17) is 0 Å².